The summed E-state index contributed by atoms with van der Waals surface area (Å²) in [6.07, 6.45) is 0. The number of carbonyl (C=O) groups excluding carboxylic acids is 2. The van der Waals surface area contributed by atoms with Crippen molar-refractivity contribution in [3.63, 3.8) is 0 Å². The van der Waals surface area contributed by atoms with Crippen LogP contribution in [0.3, 0.4) is 0 Å². The standard InChI is InChI=1S/C23H18F3N5O2/c1-11-21(12(2)31(30-11)10-13-3-6-17(25)18(26)7-13)29-23(33)16-9-20(22(27)32)28-19-8-14(24)4-5-15(16)19/h3-9H,10H2,1-2H3,(H2,27,32)(H,29,33). The Labute approximate surface area is 186 Å². The van der Waals surface area contributed by atoms with Gasteiger partial charge in [-0.05, 0) is 49.7 Å². The maximum absolute atomic E-state index is 13.7. The van der Waals surface area contributed by atoms with Crippen LogP contribution in [0.2, 0.25) is 0 Å². The van der Waals surface area contributed by atoms with Crippen molar-refractivity contribution in [2.24, 2.45) is 5.73 Å². The summed E-state index contributed by atoms with van der Waals surface area (Å²) in [6.45, 7) is 3.55. The van der Waals surface area contributed by atoms with Crippen LogP contribution in [0, 0.1) is 31.3 Å². The summed E-state index contributed by atoms with van der Waals surface area (Å²) in [5.74, 6) is -3.92. The van der Waals surface area contributed by atoms with Crippen molar-refractivity contribution in [2.75, 3.05) is 5.32 Å². The molecule has 0 saturated heterocycles. The molecule has 0 atom stereocenters. The maximum Gasteiger partial charge on any atom is 0.267 e. The molecular weight excluding hydrogens is 435 g/mol. The topological polar surface area (TPSA) is 103 Å². The van der Waals surface area contributed by atoms with Gasteiger partial charge in [0.1, 0.15) is 11.5 Å². The fourth-order valence-electron chi connectivity index (χ4n) is 3.54. The smallest absolute Gasteiger partial charge is 0.267 e. The number of halogens is 3. The number of anilines is 1. The van der Waals surface area contributed by atoms with Gasteiger partial charge < -0.3 is 11.1 Å². The van der Waals surface area contributed by atoms with E-state index in [1.54, 1.807) is 18.5 Å². The number of aryl methyl sites for hydroxylation is 1. The van der Waals surface area contributed by atoms with Crippen LogP contribution in [0.25, 0.3) is 10.9 Å². The average Bonchev–Trinajstić information content (AvgIpc) is 3.02. The minimum absolute atomic E-state index is 0.0842. The Hall–Kier alpha value is -4.21. The third-order valence-electron chi connectivity index (χ3n) is 5.21. The molecule has 7 nitrogen and oxygen atoms in total. The molecule has 0 fully saturated rings. The van der Waals surface area contributed by atoms with Gasteiger partial charge in [0, 0.05) is 11.5 Å². The number of primary amides is 1. The molecule has 168 valence electrons. The number of nitrogens with one attached hydrogen (secondary N) is 1. The Morgan fingerprint density at radius 2 is 1.79 bits per heavy atom. The summed E-state index contributed by atoms with van der Waals surface area (Å²) in [6, 6.07) is 8.49. The lowest BCUT2D eigenvalue weighted by Gasteiger charge is -2.10. The Morgan fingerprint density at radius 1 is 1.03 bits per heavy atom. The maximum atomic E-state index is 13.7. The highest BCUT2D eigenvalue weighted by Gasteiger charge is 2.20. The Kier molecular flexibility index (Phi) is 5.59. The van der Waals surface area contributed by atoms with Gasteiger partial charge in [0.05, 0.1) is 34.7 Å². The molecule has 0 aliphatic rings. The van der Waals surface area contributed by atoms with Gasteiger partial charge in [-0.15, -0.1) is 0 Å². The average molecular weight is 453 g/mol. The van der Waals surface area contributed by atoms with E-state index in [0.717, 1.165) is 18.2 Å². The molecule has 0 bridgehead atoms. The zero-order chi connectivity index (χ0) is 23.9. The number of amides is 2. The highest BCUT2D eigenvalue weighted by Crippen LogP contribution is 2.25. The number of aromatic nitrogens is 3. The first kappa shape index (κ1) is 22.0. The van der Waals surface area contributed by atoms with Crippen LogP contribution >= 0.6 is 0 Å². The first-order valence-electron chi connectivity index (χ1n) is 9.83. The van der Waals surface area contributed by atoms with Gasteiger partial charge in [-0.1, -0.05) is 6.07 Å². The van der Waals surface area contributed by atoms with Crippen molar-refractivity contribution in [1.29, 1.82) is 0 Å². The van der Waals surface area contributed by atoms with Gasteiger partial charge in [0.2, 0.25) is 0 Å². The van der Waals surface area contributed by atoms with E-state index in [1.165, 1.54) is 24.3 Å². The zero-order valence-corrected chi connectivity index (χ0v) is 17.6. The Bertz CT molecular complexity index is 1430. The van der Waals surface area contributed by atoms with Crippen molar-refractivity contribution < 1.29 is 22.8 Å². The largest absolute Gasteiger partial charge is 0.364 e. The van der Waals surface area contributed by atoms with E-state index in [9.17, 15) is 22.8 Å². The Balaban J connectivity index is 1.69. The highest BCUT2D eigenvalue weighted by molar-refractivity contribution is 6.14. The number of fused-ring (bicyclic) bond motifs is 1. The van der Waals surface area contributed by atoms with Gasteiger partial charge in [-0.3, -0.25) is 14.3 Å². The molecule has 0 spiro atoms. The van der Waals surface area contributed by atoms with E-state index in [1.807, 2.05) is 0 Å². The number of hydrogen-bond acceptors (Lipinski definition) is 4. The van der Waals surface area contributed by atoms with E-state index in [-0.39, 0.29) is 23.3 Å². The summed E-state index contributed by atoms with van der Waals surface area (Å²) < 4.78 is 42.0. The van der Waals surface area contributed by atoms with E-state index >= 15 is 0 Å². The summed E-state index contributed by atoms with van der Waals surface area (Å²) in [5.41, 5.74) is 7.30. The van der Waals surface area contributed by atoms with Crippen molar-refractivity contribution in [3.8, 4) is 0 Å². The van der Waals surface area contributed by atoms with Crippen LogP contribution in [0.15, 0.2) is 42.5 Å². The number of carbonyl (C=O) groups is 2. The summed E-state index contributed by atoms with van der Waals surface area (Å²) >= 11 is 0. The van der Waals surface area contributed by atoms with E-state index < -0.39 is 29.3 Å². The third kappa shape index (κ3) is 4.27. The van der Waals surface area contributed by atoms with Crippen molar-refractivity contribution in [1.82, 2.24) is 14.8 Å². The molecule has 10 heteroatoms. The predicted octanol–water partition coefficient (Wildman–Crippen LogP) is 3.86. The Morgan fingerprint density at radius 3 is 2.48 bits per heavy atom. The second kappa shape index (κ2) is 8.38. The number of nitrogens with zero attached hydrogens (tertiary/aromatic N) is 3. The lowest BCUT2D eigenvalue weighted by atomic mass is 10.1. The molecule has 0 saturated carbocycles. The molecule has 33 heavy (non-hydrogen) atoms. The normalized spacial score (nSPS) is 11.1. The number of hydrogen-bond donors (Lipinski definition) is 2. The molecule has 0 radical (unpaired) electrons. The molecule has 4 rings (SSSR count). The van der Waals surface area contributed by atoms with Crippen LogP contribution in [0.1, 0.15) is 37.8 Å². The second-order valence-corrected chi connectivity index (χ2v) is 7.49. The zero-order valence-electron chi connectivity index (χ0n) is 17.6. The molecule has 4 aromatic rings. The van der Waals surface area contributed by atoms with E-state index in [2.05, 4.69) is 15.4 Å². The SMILES string of the molecule is Cc1nn(Cc2ccc(F)c(F)c2)c(C)c1NC(=O)c1cc(C(N)=O)nc2cc(F)ccc12. The van der Waals surface area contributed by atoms with Gasteiger partial charge in [-0.25, -0.2) is 18.2 Å². The molecular formula is C23H18F3N5O2. The van der Waals surface area contributed by atoms with Gasteiger partial charge in [-0.2, -0.15) is 5.10 Å². The van der Waals surface area contributed by atoms with Gasteiger partial charge in [0.15, 0.2) is 11.6 Å². The van der Waals surface area contributed by atoms with Crippen LogP contribution < -0.4 is 11.1 Å². The predicted molar refractivity (Wildman–Crippen MR) is 115 cm³/mol. The summed E-state index contributed by atoms with van der Waals surface area (Å²) in [5, 5.41) is 7.47. The quantitative estimate of drug-likeness (QED) is 0.479. The molecule has 2 amide bonds. The fourth-order valence-corrected chi connectivity index (χ4v) is 3.54. The van der Waals surface area contributed by atoms with Crippen molar-refractivity contribution in [3.05, 3.63) is 88.1 Å². The monoisotopic (exact) mass is 453 g/mol. The fraction of sp³-hybridized carbons (Fsp3) is 0.130. The van der Waals surface area contributed by atoms with Crippen molar-refractivity contribution >= 4 is 28.4 Å². The summed E-state index contributed by atoms with van der Waals surface area (Å²) in [4.78, 5) is 28.8. The lowest BCUT2D eigenvalue weighted by molar-refractivity contribution is 0.0996. The van der Waals surface area contributed by atoms with Crippen LogP contribution in [0.5, 0.6) is 0 Å². The summed E-state index contributed by atoms with van der Waals surface area (Å²) in [7, 11) is 0. The minimum atomic E-state index is -0.964. The molecule has 0 aliphatic heterocycles. The van der Waals surface area contributed by atoms with Crippen LogP contribution in [0.4, 0.5) is 18.9 Å². The number of pyridine rings is 1. The highest BCUT2D eigenvalue weighted by atomic mass is 19.2. The lowest BCUT2D eigenvalue weighted by Crippen LogP contribution is -2.18. The van der Waals surface area contributed by atoms with E-state index in [0.29, 0.717) is 28.0 Å². The van der Waals surface area contributed by atoms with E-state index in [4.69, 9.17) is 5.73 Å². The first-order chi connectivity index (χ1) is 15.6. The molecule has 2 aromatic carbocycles. The molecule has 0 unspecified atom stereocenters. The van der Waals surface area contributed by atoms with Crippen LogP contribution in [-0.2, 0) is 6.54 Å². The van der Waals surface area contributed by atoms with Gasteiger partial charge in [0.25, 0.3) is 11.8 Å². The molecule has 3 N–H and O–H groups in total. The second-order valence-electron chi connectivity index (χ2n) is 7.49. The first-order valence-corrected chi connectivity index (χ1v) is 9.83. The molecule has 0 aliphatic carbocycles. The van der Waals surface area contributed by atoms with Crippen molar-refractivity contribution in [2.45, 2.75) is 20.4 Å². The number of rotatable bonds is 5. The minimum Gasteiger partial charge on any atom is -0.364 e. The molecule has 2 heterocycles. The van der Waals surface area contributed by atoms with Gasteiger partial charge >= 0.3 is 0 Å². The molecule has 2 aromatic heterocycles. The number of benzene rings is 2. The number of nitrogens with two attached hydrogens (primary N) is 1. The third-order valence-corrected chi connectivity index (χ3v) is 5.21. The van der Waals surface area contributed by atoms with Crippen LogP contribution in [-0.4, -0.2) is 26.6 Å².